The summed E-state index contributed by atoms with van der Waals surface area (Å²) in [5.74, 6) is 1.77. The van der Waals surface area contributed by atoms with Gasteiger partial charge in [-0.1, -0.05) is 140 Å². The lowest BCUT2D eigenvalue weighted by Gasteiger charge is -2.41. The van der Waals surface area contributed by atoms with E-state index in [2.05, 4.69) is 170 Å². The summed E-state index contributed by atoms with van der Waals surface area (Å²) in [5.41, 5.74) is 13.0. The van der Waals surface area contributed by atoms with E-state index in [1.807, 2.05) is 24.3 Å². The lowest BCUT2D eigenvalue weighted by Crippen LogP contribution is -2.34. The molecule has 2 aromatic heterocycles. The summed E-state index contributed by atoms with van der Waals surface area (Å²) in [6, 6.07) is 69.2. The molecule has 0 amide bonds. The minimum absolute atomic E-state index is 0.537. The zero-order chi connectivity index (χ0) is 37.1. The fraction of sp³-hybridized carbons (Fsp3) is 0.0196. The zero-order valence-corrected chi connectivity index (χ0v) is 31.7. The van der Waals surface area contributed by atoms with E-state index in [0.29, 0.717) is 0 Å². The van der Waals surface area contributed by atoms with Gasteiger partial charge >= 0.3 is 0 Å². The first kappa shape index (κ1) is 32.7. The molecule has 0 atom stereocenters. The number of thiazole rings is 2. The van der Waals surface area contributed by atoms with Gasteiger partial charge in [-0.05, 0) is 88.0 Å². The normalized spacial score (nSPS) is 12.9. The minimum atomic E-state index is -0.537. The number of aromatic nitrogens is 2. The standard InChI is InChI=1S/C51H32N2OS2/c1-2-12-39(13-3-1)51(41-14-4-8-18-45(41)54-46-19-9-5-15-42(46)51)40-28-26-34(27-29-40)33-22-24-35(25-23-33)36-30-37(49-52-43-16-6-10-20-47(43)55-49)32-38(31-36)50-53-44-17-7-11-21-48(44)56-50/h1-32H. The molecule has 3 nitrogen and oxygen atoms in total. The second-order valence-electron chi connectivity index (χ2n) is 14.1. The number of nitrogens with zero attached hydrogens (tertiary/aromatic N) is 2. The SMILES string of the molecule is c1ccc(C2(c3ccc(-c4ccc(-c5cc(-c6nc7ccccc7s6)cc(-c6nc7ccccc7s6)c5)cc4)cc3)c3ccccc3Oc3ccccc32)cc1. The highest BCUT2D eigenvalue weighted by Gasteiger charge is 2.45. The van der Waals surface area contributed by atoms with Crippen LogP contribution >= 0.6 is 22.7 Å². The van der Waals surface area contributed by atoms with Gasteiger partial charge in [-0.25, -0.2) is 9.97 Å². The quantitative estimate of drug-likeness (QED) is 0.170. The Labute approximate surface area is 332 Å². The van der Waals surface area contributed by atoms with Crippen molar-refractivity contribution in [3.8, 4) is 54.9 Å². The Morgan fingerprint density at radius 1 is 0.357 bits per heavy atom. The van der Waals surface area contributed by atoms with Gasteiger partial charge in [-0.2, -0.15) is 0 Å². The Morgan fingerprint density at radius 3 is 1.30 bits per heavy atom. The van der Waals surface area contributed by atoms with Crippen molar-refractivity contribution in [2.45, 2.75) is 5.41 Å². The molecule has 0 unspecified atom stereocenters. The van der Waals surface area contributed by atoms with Crippen molar-refractivity contribution in [1.29, 1.82) is 0 Å². The predicted molar refractivity (Wildman–Crippen MR) is 233 cm³/mol. The molecule has 1 aliphatic rings. The molecule has 3 heterocycles. The number of hydrogen-bond acceptors (Lipinski definition) is 5. The zero-order valence-electron chi connectivity index (χ0n) is 30.1. The molecule has 0 saturated carbocycles. The summed E-state index contributed by atoms with van der Waals surface area (Å²) in [6.07, 6.45) is 0. The van der Waals surface area contributed by atoms with Crippen LogP contribution in [0.3, 0.4) is 0 Å². The minimum Gasteiger partial charge on any atom is -0.457 e. The van der Waals surface area contributed by atoms with E-state index in [1.165, 1.54) is 20.5 Å². The molecule has 11 rings (SSSR count). The van der Waals surface area contributed by atoms with Crippen molar-refractivity contribution >= 4 is 43.1 Å². The topological polar surface area (TPSA) is 35.0 Å². The highest BCUT2D eigenvalue weighted by molar-refractivity contribution is 7.22. The van der Waals surface area contributed by atoms with Gasteiger partial charge in [0.15, 0.2) is 0 Å². The van der Waals surface area contributed by atoms with Gasteiger partial charge < -0.3 is 4.74 Å². The van der Waals surface area contributed by atoms with Gasteiger partial charge in [0.1, 0.15) is 21.5 Å². The van der Waals surface area contributed by atoms with Crippen LogP contribution in [0.25, 0.3) is 63.8 Å². The van der Waals surface area contributed by atoms with E-state index in [9.17, 15) is 0 Å². The van der Waals surface area contributed by atoms with Crippen molar-refractivity contribution in [1.82, 2.24) is 9.97 Å². The number of fused-ring (bicyclic) bond motifs is 4. The largest absolute Gasteiger partial charge is 0.457 e. The third-order valence-electron chi connectivity index (χ3n) is 10.9. The van der Waals surface area contributed by atoms with E-state index in [0.717, 1.165) is 77.1 Å². The van der Waals surface area contributed by atoms with Gasteiger partial charge in [0.05, 0.1) is 25.8 Å². The Kier molecular flexibility index (Phi) is 7.76. The van der Waals surface area contributed by atoms with E-state index in [4.69, 9.17) is 14.7 Å². The first-order chi connectivity index (χ1) is 27.7. The van der Waals surface area contributed by atoms with Crippen LogP contribution in [0, 0.1) is 0 Å². The molecule has 0 fully saturated rings. The Morgan fingerprint density at radius 2 is 0.768 bits per heavy atom. The number of para-hydroxylation sites is 4. The van der Waals surface area contributed by atoms with E-state index < -0.39 is 5.41 Å². The van der Waals surface area contributed by atoms with Crippen molar-refractivity contribution < 1.29 is 4.74 Å². The summed E-state index contributed by atoms with van der Waals surface area (Å²) in [4.78, 5) is 10.1. The molecule has 5 heteroatoms. The van der Waals surface area contributed by atoms with Crippen molar-refractivity contribution in [3.63, 3.8) is 0 Å². The fourth-order valence-electron chi connectivity index (χ4n) is 8.27. The average molecular weight is 753 g/mol. The summed E-state index contributed by atoms with van der Waals surface area (Å²) in [6.45, 7) is 0. The highest BCUT2D eigenvalue weighted by Crippen LogP contribution is 2.55. The molecular formula is C51H32N2OS2. The molecule has 8 aromatic carbocycles. The van der Waals surface area contributed by atoms with Gasteiger partial charge in [0, 0.05) is 22.3 Å². The summed E-state index contributed by atoms with van der Waals surface area (Å²) in [7, 11) is 0. The maximum atomic E-state index is 6.50. The molecule has 0 bridgehead atoms. The molecule has 0 radical (unpaired) electrons. The molecule has 10 aromatic rings. The molecular weight excluding hydrogens is 721 g/mol. The third-order valence-corrected chi connectivity index (χ3v) is 13.1. The van der Waals surface area contributed by atoms with Crippen LogP contribution in [-0.4, -0.2) is 9.97 Å². The predicted octanol–water partition coefficient (Wildman–Crippen LogP) is 14.1. The number of benzene rings is 8. The third kappa shape index (κ3) is 5.39. The maximum Gasteiger partial charge on any atom is 0.132 e. The fourth-order valence-corrected chi connectivity index (χ4v) is 10.2. The Hall–Kier alpha value is -6.66. The van der Waals surface area contributed by atoms with Gasteiger partial charge in [-0.15, -0.1) is 22.7 Å². The molecule has 264 valence electrons. The summed E-state index contributed by atoms with van der Waals surface area (Å²) in [5, 5.41) is 2.02. The van der Waals surface area contributed by atoms with E-state index in [1.54, 1.807) is 22.7 Å². The molecule has 1 aliphatic heterocycles. The van der Waals surface area contributed by atoms with Crippen LogP contribution in [0.5, 0.6) is 11.5 Å². The van der Waals surface area contributed by atoms with Crippen LogP contribution in [0.1, 0.15) is 22.3 Å². The van der Waals surface area contributed by atoms with Crippen LogP contribution in [-0.2, 0) is 5.41 Å². The summed E-state index contributed by atoms with van der Waals surface area (Å²) < 4.78 is 8.87. The molecule has 0 spiro atoms. The van der Waals surface area contributed by atoms with Crippen LogP contribution < -0.4 is 4.74 Å². The number of hydrogen-bond donors (Lipinski definition) is 0. The Bertz CT molecular complexity index is 2850. The number of rotatable bonds is 6. The van der Waals surface area contributed by atoms with Crippen molar-refractivity contribution in [3.05, 3.63) is 216 Å². The van der Waals surface area contributed by atoms with Gasteiger partial charge in [-0.3, -0.25) is 0 Å². The van der Waals surface area contributed by atoms with E-state index in [-0.39, 0.29) is 0 Å². The molecule has 56 heavy (non-hydrogen) atoms. The van der Waals surface area contributed by atoms with Gasteiger partial charge in [0.2, 0.25) is 0 Å². The number of ether oxygens (including phenoxy) is 1. The molecule has 0 N–H and O–H groups in total. The Balaban J connectivity index is 0.989. The second-order valence-corrected chi connectivity index (χ2v) is 16.2. The molecule has 0 aliphatic carbocycles. The van der Waals surface area contributed by atoms with Crippen LogP contribution in [0.2, 0.25) is 0 Å². The summed E-state index contributed by atoms with van der Waals surface area (Å²) >= 11 is 3.46. The molecule has 0 saturated heterocycles. The smallest absolute Gasteiger partial charge is 0.132 e. The average Bonchev–Trinajstić information content (AvgIpc) is 3.91. The first-order valence-corrected chi connectivity index (χ1v) is 20.3. The lowest BCUT2D eigenvalue weighted by atomic mass is 9.63. The maximum absolute atomic E-state index is 6.50. The van der Waals surface area contributed by atoms with Crippen molar-refractivity contribution in [2.75, 3.05) is 0 Å². The van der Waals surface area contributed by atoms with Crippen LogP contribution in [0.4, 0.5) is 0 Å². The van der Waals surface area contributed by atoms with E-state index >= 15 is 0 Å². The first-order valence-electron chi connectivity index (χ1n) is 18.7. The van der Waals surface area contributed by atoms with Crippen molar-refractivity contribution in [2.24, 2.45) is 0 Å². The highest BCUT2D eigenvalue weighted by atomic mass is 32.1. The lowest BCUT2D eigenvalue weighted by molar-refractivity contribution is 0.434. The second kappa shape index (κ2) is 13.3. The van der Waals surface area contributed by atoms with Gasteiger partial charge in [0.25, 0.3) is 0 Å². The monoisotopic (exact) mass is 752 g/mol. The van der Waals surface area contributed by atoms with Crippen LogP contribution in [0.15, 0.2) is 194 Å².